The molecule has 24 valence electrons. The van der Waals surface area contributed by atoms with Gasteiger partial charge in [0.2, 0.25) is 0 Å². The van der Waals surface area contributed by atoms with E-state index in [-0.39, 0.29) is 0 Å². The first-order valence-electron chi connectivity index (χ1n) is 1.73. The van der Waals surface area contributed by atoms with Crippen LogP contribution < -0.4 is 0 Å². The van der Waals surface area contributed by atoms with Gasteiger partial charge in [-0.15, -0.1) is 0 Å². The molecule has 0 aromatic carbocycles. The Hall–Kier alpha value is 1.47. The van der Waals surface area contributed by atoms with Crippen LogP contribution >= 0.6 is 0 Å². The third-order valence-electron chi connectivity index (χ3n) is 0.500. The van der Waals surface area contributed by atoms with Crippen LogP contribution in [0.2, 0.25) is 0 Å². The van der Waals surface area contributed by atoms with Gasteiger partial charge in [-0.25, -0.2) is 0 Å². The first-order valence-corrected chi connectivity index (χ1v) is 5.20. The van der Waals surface area contributed by atoms with Gasteiger partial charge >= 0.3 is 71.8 Å². The van der Waals surface area contributed by atoms with E-state index in [4.69, 9.17) is 0 Å². The van der Waals surface area contributed by atoms with Gasteiger partial charge in [0.05, 0.1) is 0 Å². The SMILES string of the molecule is [Al]#[C][Al]([C]#[Al])[C]#[Al]. The van der Waals surface area contributed by atoms with Crippen molar-refractivity contribution < 1.29 is 0 Å². The van der Waals surface area contributed by atoms with E-state index in [2.05, 4.69) is 57.6 Å². The zero-order chi connectivity index (χ0) is 5.70. The summed E-state index contributed by atoms with van der Waals surface area (Å²) in [6.45, 7) is 0. The van der Waals surface area contributed by atoms with Crippen molar-refractivity contribution >= 4 is 61.1 Å². The fourth-order valence-electron chi connectivity index (χ4n) is 0.144. The average molecular weight is 144 g/mol. The Morgan fingerprint density at radius 1 is 0.857 bits per heavy atom. The van der Waals surface area contributed by atoms with Crippen LogP contribution in [0.25, 0.3) is 0 Å². The van der Waals surface area contributed by atoms with E-state index >= 15 is 0 Å². The molecule has 0 saturated heterocycles. The van der Waals surface area contributed by atoms with Gasteiger partial charge in [0.15, 0.2) is 0 Å². The van der Waals surface area contributed by atoms with Gasteiger partial charge < -0.3 is 0 Å². The molecule has 0 saturated carbocycles. The van der Waals surface area contributed by atoms with Crippen LogP contribution in [0.1, 0.15) is 0 Å². The zero-order valence-electron chi connectivity index (χ0n) is 3.81. The first-order chi connectivity index (χ1) is 3.35. The second-order valence-corrected chi connectivity index (χ2v) is 5.80. The molecule has 0 rings (SSSR count). The molecule has 0 aliphatic rings. The van der Waals surface area contributed by atoms with Gasteiger partial charge in [-0.1, -0.05) is 0 Å². The Balaban J connectivity index is 3.82. The fraction of sp³-hybridized carbons (Fsp3) is 0. The molecule has 0 aromatic heterocycles. The summed E-state index contributed by atoms with van der Waals surface area (Å²) < 4.78 is 8.98. The summed E-state index contributed by atoms with van der Waals surface area (Å²) in [6, 6.07) is 0. The van der Waals surface area contributed by atoms with Crippen LogP contribution in [0.4, 0.5) is 0 Å². The summed E-state index contributed by atoms with van der Waals surface area (Å²) in [5.41, 5.74) is 0. The molecule has 7 heavy (non-hydrogen) atoms. The van der Waals surface area contributed by atoms with E-state index in [1.165, 1.54) is 0 Å². The van der Waals surface area contributed by atoms with Gasteiger partial charge in [-0.2, -0.15) is 0 Å². The van der Waals surface area contributed by atoms with Gasteiger partial charge in [0.25, 0.3) is 0 Å². The van der Waals surface area contributed by atoms with Crippen LogP contribution in [0, 0.1) is 10.7 Å². The molecule has 4 heteroatoms. The molecule has 0 spiro atoms. The van der Waals surface area contributed by atoms with Gasteiger partial charge in [0, 0.05) is 0 Å². The van der Waals surface area contributed by atoms with E-state index in [0.29, 0.717) is 0 Å². The number of hydrogen-bond acceptors (Lipinski definition) is 0. The Morgan fingerprint density at radius 3 is 1.14 bits per heavy atom. The van der Waals surface area contributed by atoms with E-state index < -0.39 is 14.1 Å². The minimum absolute atomic E-state index is 1.03. The van der Waals surface area contributed by atoms with E-state index in [1.807, 2.05) is 0 Å². The van der Waals surface area contributed by atoms with E-state index in [9.17, 15) is 0 Å². The molecule has 0 atom stereocenters. The standard InChI is InChI=1S/3C.4Al. The summed E-state index contributed by atoms with van der Waals surface area (Å²) in [6.07, 6.45) is 0. The Morgan fingerprint density at radius 2 is 1.14 bits per heavy atom. The number of hydrogen-bond donors (Lipinski definition) is 0. The molecule has 0 N–H and O–H groups in total. The Labute approximate surface area is 71.0 Å². The molecule has 0 radical (unpaired) electrons. The second-order valence-electron chi connectivity index (χ2n) is 0.933. The predicted octanol–water partition coefficient (Wildman–Crippen LogP) is -1.52. The predicted molar refractivity (Wildman–Crippen MR) is 34.7 cm³/mol. The Kier molecular flexibility index (Phi) is 6.78. The minimum atomic E-state index is -1.03. The molecular weight excluding hydrogens is 144 g/mol. The third kappa shape index (κ3) is 4.01. The average Bonchev–Trinajstić information content (AvgIpc) is 1.72. The molecule has 0 aromatic rings. The van der Waals surface area contributed by atoms with Gasteiger partial charge in [0.1, 0.15) is 0 Å². The van der Waals surface area contributed by atoms with E-state index in [1.54, 1.807) is 0 Å². The van der Waals surface area contributed by atoms with Crippen LogP contribution in [-0.4, -0.2) is 61.1 Å². The molecule has 0 aliphatic heterocycles. The molecule has 0 aliphatic carbocycles. The van der Waals surface area contributed by atoms with Crippen LogP contribution in [-0.2, 0) is 0 Å². The van der Waals surface area contributed by atoms with Crippen molar-refractivity contribution in [3.63, 3.8) is 0 Å². The monoisotopic (exact) mass is 144 g/mol. The topological polar surface area (TPSA) is 0 Å². The fourth-order valence-corrected chi connectivity index (χ4v) is 3.90. The molecule has 0 amide bonds. The van der Waals surface area contributed by atoms with Crippen molar-refractivity contribution in [2.45, 2.75) is 0 Å². The zero-order valence-corrected chi connectivity index (χ0v) is 8.43. The second kappa shape index (κ2) is 5.60. The maximum atomic E-state index is 2.99. The number of rotatable bonds is 0. The van der Waals surface area contributed by atoms with Gasteiger partial charge in [-0.3, -0.25) is 0 Å². The molecular formula is C3Al4. The summed E-state index contributed by atoms with van der Waals surface area (Å²) >= 11 is 6.30. The molecule has 0 unspecified atom stereocenters. The quantitative estimate of drug-likeness (QED) is 0.362. The summed E-state index contributed by atoms with van der Waals surface area (Å²) in [4.78, 5) is 0. The molecule has 0 heterocycles. The van der Waals surface area contributed by atoms with Crippen molar-refractivity contribution in [2.24, 2.45) is 0 Å². The molecule has 0 fully saturated rings. The first kappa shape index (κ1) is 8.47. The molecule has 0 nitrogen and oxygen atoms in total. The van der Waals surface area contributed by atoms with Crippen molar-refractivity contribution in [2.75, 3.05) is 0 Å². The van der Waals surface area contributed by atoms with Crippen molar-refractivity contribution in [1.29, 1.82) is 0 Å². The van der Waals surface area contributed by atoms with Crippen LogP contribution in [0.3, 0.4) is 0 Å². The maximum absolute atomic E-state index is 2.99. The van der Waals surface area contributed by atoms with Crippen LogP contribution in [0.15, 0.2) is 0 Å². The van der Waals surface area contributed by atoms with Crippen molar-refractivity contribution in [1.82, 2.24) is 0 Å². The van der Waals surface area contributed by atoms with Crippen molar-refractivity contribution in [3.05, 3.63) is 0 Å². The van der Waals surface area contributed by atoms with Crippen LogP contribution in [0.5, 0.6) is 0 Å². The summed E-state index contributed by atoms with van der Waals surface area (Å²) in [5, 5.41) is 0. The summed E-state index contributed by atoms with van der Waals surface area (Å²) in [7, 11) is 0. The Bertz CT molecular complexity index is 130. The van der Waals surface area contributed by atoms with E-state index in [0.717, 1.165) is 0 Å². The normalized spacial score (nSPS) is 6.00. The van der Waals surface area contributed by atoms with Crippen molar-refractivity contribution in [3.8, 4) is 10.7 Å². The third-order valence-corrected chi connectivity index (χ3v) is 4.50. The summed E-state index contributed by atoms with van der Waals surface area (Å²) in [5.74, 6) is 0. The van der Waals surface area contributed by atoms with Gasteiger partial charge in [-0.05, 0) is 0 Å². The molecule has 0 bridgehead atoms.